The Morgan fingerprint density at radius 3 is 2.67 bits per heavy atom. The van der Waals surface area contributed by atoms with Crippen molar-refractivity contribution in [3.63, 3.8) is 0 Å². The summed E-state index contributed by atoms with van der Waals surface area (Å²) in [6, 6.07) is 10.6. The highest BCUT2D eigenvalue weighted by molar-refractivity contribution is 5.81. The third-order valence-corrected chi connectivity index (χ3v) is 7.32. The van der Waals surface area contributed by atoms with Crippen LogP contribution in [0.3, 0.4) is 0 Å². The topological polar surface area (TPSA) is 50.8 Å². The van der Waals surface area contributed by atoms with Crippen LogP contribution in [-0.2, 0) is 20.8 Å². The second kappa shape index (κ2) is 6.87. The highest BCUT2D eigenvalue weighted by Gasteiger charge is 2.53. The van der Waals surface area contributed by atoms with Crippen LogP contribution in [-0.4, -0.2) is 55.4 Å². The summed E-state index contributed by atoms with van der Waals surface area (Å²) in [4.78, 5) is 15.9. The first-order valence-electron chi connectivity index (χ1n) is 10.4. The van der Waals surface area contributed by atoms with Crippen molar-refractivity contribution < 1.29 is 14.3 Å². The fourth-order valence-electron chi connectivity index (χ4n) is 5.81. The Morgan fingerprint density at radius 2 is 2.00 bits per heavy atom. The standard InChI is InChI=1S/C22H30N2O3/c25-20(23-22-7-6-18(12-22)27-16-22)19-14-24(13-17-4-2-1-3-5-17)15-21(19)8-10-26-11-9-21/h1-5,18-19H,6-16H2,(H,23,25). The summed E-state index contributed by atoms with van der Waals surface area (Å²) >= 11 is 0. The van der Waals surface area contributed by atoms with Crippen molar-refractivity contribution in [2.24, 2.45) is 11.3 Å². The Bertz CT molecular complexity index is 678. The number of nitrogens with one attached hydrogen (secondary N) is 1. The second-order valence-corrected chi connectivity index (χ2v) is 9.13. The Morgan fingerprint density at radius 1 is 1.19 bits per heavy atom. The number of rotatable bonds is 4. The number of amides is 1. The minimum atomic E-state index is -0.0963. The maximum Gasteiger partial charge on any atom is 0.225 e. The van der Waals surface area contributed by atoms with Gasteiger partial charge in [-0.05, 0) is 37.7 Å². The number of carbonyl (C=O) groups is 1. The van der Waals surface area contributed by atoms with Crippen molar-refractivity contribution in [1.82, 2.24) is 10.2 Å². The van der Waals surface area contributed by atoms with E-state index < -0.39 is 0 Å². The molecule has 4 aliphatic rings. The lowest BCUT2D eigenvalue weighted by Gasteiger charge is -2.39. The largest absolute Gasteiger partial charge is 0.381 e. The van der Waals surface area contributed by atoms with E-state index in [0.717, 1.165) is 65.0 Å². The van der Waals surface area contributed by atoms with E-state index in [1.807, 2.05) is 0 Å². The third-order valence-electron chi connectivity index (χ3n) is 7.32. The number of fused-ring (bicyclic) bond motifs is 2. The Hall–Kier alpha value is -1.43. The molecule has 3 aliphatic heterocycles. The molecule has 1 amide bonds. The van der Waals surface area contributed by atoms with Gasteiger partial charge in [0.25, 0.3) is 0 Å². The van der Waals surface area contributed by atoms with Gasteiger partial charge in [0, 0.05) is 38.3 Å². The van der Waals surface area contributed by atoms with Crippen LogP contribution in [0.2, 0.25) is 0 Å². The predicted molar refractivity (Wildman–Crippen MR) is 102 cm³/mol. The van der Waals surface area contributed by atoms with Gasteiger partial charge >= 0.3 is 0 Å². The molecular formula is C22H30N2O3. The van der Waals surface area contributed by atoms with Crippen molar-refractivity contribution in [3.8, 4) is 0 Å². The van der Waals surface area contributed by atoms with Crippen LogP contribution in [0.4, 0.5) is 0 Å². The zero-order valence-electron chi connectivity index (χ0n) is 16.0. The third kappa shape index (κ3) is 3.30. The summed E-state index contributed by atoms with van der Waals surface area (Å²) in [6.45, 7) is 5.01. The lowest BCUT2D eigenvalue weighted by molar-refractivity contribution is -0.132. The smallest absolute Gasteiger partial charge is 0.225 e. The average Bonchev–Trinajstić information content (AvgIpc) is 3.36. The van der Waals surface area contributed by atoms with Gasteiger partial charge in [-0.1, -0.05) is 30.3 Å². The van der Waals surface area contributed by atoms with Crippen LogP contribution in [0.1, 0.15) is 37.7 Å². The molecule has 1 aliphatic carbocycles. The Balaban J connectivity index is 1.33. The summed E-state index contributed by atoms with van der Waals surface area (Å²) in [5.41, 5.74) is 1.29. The molecule has 4 fully saturated rings. The van der Waals surface area contributed by atoms with Crippen LogP contribution in [0.25, 0.3) is 0 Å². The number of hydrogen-bond donors (Lipinski definition) is 1. The SMILES string of the molecule is O=C(NC12CCC(C1)OC2)C1CN(Cc2ccccc2)CC12CCOCC2. The number of hydrogen-bond acceptors (Lipinski definition) is 4. The van der Waals surface area contributed by atoms with Gasteiger partial charge in [-0.25, -0.2) is 0 Å². The highest BCUT2D eigenvalue weighted by atomic mass is 16.5. The lowest BCUT2D eigenvalue weighted by Crippen LogP contribution is -2.53. The average molecular weight is 370 g/mol. The maximum atomic E-state index is 13.4. The van der Waals surface area contributed by atoms with Crippen LogP contribution in [0.15, 0.2) is 30.3 Å². The van der Waals surface area contributed by atoms with E-state index in [1.165, 1.54) is 5.56 Å². The van der Waals surface area contributed by atoms with E-state index in [1.54, 1.807) is 0 Å². The van der Waals surface area contributed by atoms with Crippen LogP contribution < -0.4 is 5.32 Å². The summed E-state index contributed by atoms with van der Waals surface area (Å²) < 4.78 is 11.5. The molecule has 0 radical (unpaired) electrons. The van der Waals surface area contributed by atoms with E-state index in [4.69, 9.17) is 9.47 Å². The maximum absolute atomic E-state index is 13.4. The van der Waals surface area contributed by atoms with Crippen molar-refractivity contribution in [1.29, 1.82) is 0 Å². The molecule has 1 aromatic carbocycles. The first-order valence-corrected chi connectivity index (χ1v) is 10.4. The molecule has 1 aromatic rings. The molecular weight excluding hydrogens is 340 g/mol. The van der Waals surface area contributed by atoms with Gasteiger partial charge in [-0.3, -0.25) is 9.69 Å². The van der Waals surface area contributed by atoms with Gasteiger partial charge in [0.2, 0.25) is 5.91 Å². The Kier molecular flexibility index (Phi) is 4.49. The van der Waals surface area contributed by atoms with Crippen molar-refractivity contribution >= 4 is 5.91 Å². The van der Waals surface area contributed by atoms with E-state index >= 15 is 0 Å². The van der Waals surface area contributed by atoms with E-state index in [2.05, 4.69) is 40.5 Å². The molecule has 0 aromatic heterocycles. The molecule has 2 bridgehead atoms. The summed E-state index contributed by atoms with van der Waals surface area (Å²) in [5, 5.41) is 3.45. The fraction of sp³-hybridized carbons (Fsp3) is 0.682. The monoisotopic (exact) mass is 370 g/mol. The van der Waals surface area contributed by atoms with Crippen LogP contribution in [0, 0.1) is 11.3 Å². The molecule has 5 rings (SSSR count). The number of nitrogens with zero attached hydrogens (tertiary/aromatic N) is 1. The minimum absolute atomic E-state index is 0.0548. The molecule has 3 unspecified atom stereocenters. The van der Waals surface area contributed by atoms with Crippen LogP contribution >= 0.6 is 0 Å². The highest BCUT2D eigenvalue weighted by Crippen LogP contribution is 2.46. The lowest BCUT2D eigenvalue weighted by atomic mass is 9.71. The zero-order valence-corrected chi connectivity index (χ0v) is 16.0. The van der Waals surface area contributed by atoms with Crippen molar-refractivity contribution in [2.75, 3.05) is 32.9 Å². The molecule has 3 saturated heterocycles. The van der Waals surface area contributed by atoms with Gasteiger partial charge in [0.15, 0.2) is 0 Å². The first-order chi connectivity index (χ1) is 13.2. The van der Waals surface area contributed by atoms with E-state index in [9.17, 15) is 4.79 Å². The molecule has 3 atom stereocenters. The number of carbonyl (C=O) groups excluding carboxylic acids is 1. The van der Waals surface area contributed by atoms with Gasteiger partial charge in [-0.15, -0.1) is 0 Å². The van der Waals surface area contributed by atoms with E-state index in [-0.39, 0.29) is 22.8 Å². The number of likely N-dealkylation sites (tertiary alicyclic amines) is 1. The Labute approximate surface area is 161 Å². The summed E-state index contributed by atoms with van der Waals surface area (Å²) in [7, 11) is 0. The summed E-state index contributed by atoms with van der Waals surface area (Å²) in [6.07, 6.45) is 5.49. The molecule has 1 spiro atoms. The first kappa shape index (κ1) is 17.7. The van der Waals surface area contributed by atoms with Gasteiger partial charge in [-0.2, -0.15) is 0 Å². The van der Waals surface area contributed by atoms with Gasteiger partial charge in [0.1, 0.15) is 0 Å². The normalized spacial score (nSPS) is 35.0. The van der Waals surface area contributed by atoms with E-state index in [0.29, 0.717) is 12.7 Å². The molecule has 1 saturated carbocycles. The second-order valence-electron chi connectivity index (χ2n) is 9.13. The molecule has 1 N–H and O–H groups in total. The van der Waals surface area contributed by atoms with Crippen molar-refractivity contribution in [2.45, 2.75) is 50.3 Å². The molecule has 27 heavy (non-hydrogen) atoms. The minimum Gasteiger partial charge on any atom is -0.381 e. The molecule has 146 valence electrons. The fourth-order valence-corrected chi connectivity index (χ4v) is 5.81. The summed E-state index contributed by atoms with van der Waals surface area (Å²) in [5.74, 6) is 0.303. The van der Waals surface area contributed by atoms with Crippen LogP contribution in [0.5, 0.6) is 0 Å². The zero-order chi connectivity index (χ0) is 18.3. The molecule has 5 nitrogen and oxygen atoms in total. The number of benzene rings is 1. The predicted octanol–water partition coefficient (Wildman–Crippen LogP) is 2.35. The van der Waals surface area contributed by atoms with Gasteiger partial charge in [0.05, 0.1) is 24.2 Å². The molecule has 3 heterocycles. The van der Waals surface area contributed by atoms with Crippen molar-refractivity contribution in [3.05, 3.63) is 35.9 Å². The number of ether oxygens (including phenoxy) is 2. The van der Waals surface area contributed by atoms with Gasteiger partial charge < -0.3 is 14.8 Å². The quantitative estimate of drug-likeness (QED) is 0.884. The molecule has 5 heteroatoms.